The second-order valence-electron chi connectivity index (χ2n) is 8.87. The molecule has 35 heavy (non-hydrogen) atoms. The predicted molar refractivity (Wildman–Crippen MR) is 141 cm³/mol. The average molecular weight is 494 g/mol. The number of carbonyl (C=O) groups is 1. The molecule has 0 aliphatic rings. The lowest BCUT2D eigenvalue weighted by atomic mass is 10.0. The molecule has 0 fully saturated rings. The minimum atomic E-state index is -3.94. The van der Waals surface area contributed by atoms with Crippen molar-refractivity contribution in [3.63, 3.8) is 0 Å². The van der Waals surface area contributed by atoms with Crippen LogP contribution in [-0.4, -0.2) is 43.9 Å². The van der Waals surface area contributed by atoms with Gasteiger partial charge < -0.3 is 14.6 Å². The zero-order valence-electron chi connectivity index (χ0n) is 20.7. The van der Waals surface area contributed by atoms with E-state index in [2.05, 4.69) is 28.9 Å². The van der Waals surface area contributed by atoms with Crippen LogP contribution < -0.4 is 10.1 Å². The molecule has 1 heterocycles. The van der Waals surface area contributed by atoms with Crippen molar-refractivity contribution in [3.05, 3.63) is 66.2 Å². The molecule has 8 heteroatoms. The van der Waals surface area contributed by atoms with E-state index in [4.69, 9.17) is 4.74 Å². The number of ether oxygens (including phenoxy) is 1. The second kappa shape index (κ2) is 9.71. The van der Waals surface area contributed by atoms with Crippen molar-refractivity contribution in [2.45, 2.75) is 38.1 Å². The fraction of sp³-hybridized carbons (Fsp3) is 0.296. The standard InChI is InChI=1S/C27H31N3O4S/c1-6-30-23-10-8-7-9-21(23)22-16-20(12-13-24(22)30)28-27(31)17-29(4)35(32,33)26-15-19(18(2)3)11-14-25(26)34-5/h7-16,18H,6,17H2,1-5H3,(H,28,31). The highest BCUT2D eigenvalue weighted by Crippen LogP contribution is 2.32. The minimum absolute atomic E-state index is 0.0512. The van der Waals surface area contributed by atoms with Gasteiger partial charge in [-0.1, -0.05) is 38.1 Å². The van der Waals surface area contributed by atoms with Gasteiger partial charge in [0.2, 0.25) is 15.9 Å². The normalized spacial score (nSPS) is 12.1. The zero-order valence-corrected chi connectivity index (χ0v) is 21.5. The number of carbonyl (C=O) groups excluding carboxylic acids is 1. The summed E-state index contributed by atoms with van der Waals surface area (Å²) < 4.78 is 35.2. The number of anilines is 1. The van der Waals surface area contributed by atoms with Gasteiger partial charge in [-0.15, -0.1) is 0 Å². The van der Waals surface area contributed by atoms with Crippen molar-refractivity contribution >= 4 is 43.4 Å². The van der Waals surface area contributed by atoms with Gasteiger partial charge in [-0.3, -0.25) is 4.79 Å². The van der Waals surface area contributed by atoms with E-state index in [9.17, 15) is 13.2 Å². The molecule has 4 rings (SSSR count). The number of hydrogen-bond acceptors (Lipinski definition) is 4. The van der Waals surface area contributed by atoms with Crippen LogP contribution in [0.1, 0.15) is 32.3 Å². The van der Waals surface area contributed by atoms with E-state index < -0.39 is 15.9 Å². The molecular formula is C27H31N3O4S. The summed E-state index contributed by atoms with van der Waals surface area (Å²) in [6.45, 7) is 6.59. The molecule has 0 radical (unpaired) electrons. The third kappa shape index (κ3) is 4.63. The van der Waals surface area contributed by atoms with E-state index >= 15 is 0 Å². The summed E-state index contributed by atoms with van der Waals surface area (Å²) in [5.41, 5.74) is 3.72. The van der Waals surface area contributed by atoms with Crippen LogP contribution in [0.4, 0.5) is 5.69 Å². The first-order chi connectivity index (χ1) is 16.7. The molecule has 3 aromatic carbocycles. The first-order valence-electron chi connectivity index (χ1n) is 11.6. The van der Waals surface area contributed by atoms with Crippen LogP contribution in [0, 0.1) is 0 Å². The van der Waals surface area contributed by atoms with E-state index in [1.807, 2.05) is 50.2 Å². The minimum Gasteiger partial charge on any atom is -0.495 e. The molecule has 1 amide bonds. The van der Waals surface area contributed by atoms with Crippen LogP contribution in [-0.2, 0) is 21.4 Å². The lowest BCUT2D eigenvalue weighted by Crippen LogP contribution is -2.35. The Balaban J connectivity index is 1.58. The summed E-state index contributed by atoms with van der Waals surface area (Å²) in [5.74, 6) is -0.0231. The van der Waals surface area contributed by atoms with Crippen molar-refractivity contribution < 1.29 is 17.9 Å². The molecule has 0 atom stereocenters. The highest BCUT2D eigenvalue weighted by molar-refractivity contribution is 7.89. The number of likely N-dealkylation sites (N-methyl/N-ethyl adjacent to an activating group) is 1. The van der Waals surface area contributed by atoms with Crippen molar-refractivity contribution in [1.82, 2.24) is 8.87 Å². The molecular weight excluding hydrogens is 462 g/mol. The van der Waals surface area contributed by atoms with Gasteiger partial charge in [0.25, 0.3) is 0 Å². The topological polar surface area (TPSA) is 80.6 Å². The molecule has 0 aliphatic carbocycles. The van der Waals surface area contributed by atoms with Crippen LogP contribution in [0.3, 0.4) is 0 Å². The summed E-state index contributed by atoms with van der Waals surface area (Å²) in [7, 11) is -1.11. The van der Waals surface area contributed by atoms with E-state index in [-0.39, 0.29) is 23.1 Å². The molecule has 0 spiro atoms. The SMILES string of the molecule is CCn1c2ccccc2c2cc(NC(=O)CN(C)S(=O)(=O)c3cc(C(C)C)ccc3OC)ccc21. The number of hydrogen-bond donors (Lipinski definition) is 1. The van der Waals surface area contributed by atoms with Gasteiger partial charge in [0.1, 0.15) is 10.6 Å². The molecule has 184 valence electrons. The van der Waals surface area contributed by atoms with Crippen LogP contribution in [0.15, 0.2) is 65.6 Å². The van der Waals surface area contributed by atoms with Crippen LogP contribution >= 0.6 is 0 Å². The number of nitrogens with one attached hydrogen (secondary N) is 1. The van der Waals surface area contributed by atoms with Crippen LogP contribution in [0.5, 0.6) is 5.75 Å². The van der Waals surface area contributed by atoms with E-state index in [1.165, 1.54) is 14.2 Å². The van der Waals surface area contributed by atoms with Gasteiger partial charge in [-0.05, 0) is 54.8 Å². The zero-order chi connectivity index (χ0) is 25.3. The predicted octanol–water partition coefficient (Wildman–Crippen LogP) is 5.21. The van der Waals surface area contributed by atoms with Crippen molar-refractivity contribution in [2.24, 2.45) is 0 Å². The Labute approximate surface area is 206 Å². The smallest absolute Gasteiger partial charge is 0.246 e. The number of rotatable bonds is 8. The number of benzene rings is 3. The number of sulfonamides is 1. The Morgan fingerprint density at radius 1 is 1.03 bits per heavy atom. The number of fused-ring (bicyclic) bond motifs is 3. The van der Waals surface area contributed by atoms with Crippen LogP contribution in [0.2, 0.25) is 0 Å². The Morgan fingerprint density at radius 3 is 2.43 bits per heavy atom. The number of aryl methyl sites for hydroxylation is 1. The fourth-order valence-electron chi connectivity index (χ4n) is 4.38. The molecule has 0 aliphatic heterocycles. The maximum atomic E-state index is 13.3. The van der Waals surface area contributed by atoms with Crippen molar-refractivity contribution in [3.8, 4) is 5.75 Å². The number of aromatic nitrogens is 1. The first-order valence-corrected chi connectivity index (χ1v) is 13.1. The van der Waals surface area contributed by atoms with Gasteiger partial charge in [-0.2, -0.15) is 4.31 Å². The quantitative estimate of drug-likeness (QED) is 0.366. The fourth-order valence-corrected chi connectivity index (χ4v) is 5.70. The second-order valence-corrected chi connectivity index (χ2v) is 10.9. The van der Waals surface area contributed by atoms with Gasteiger partial charge in [0.15, 0.2) is 0 Å². The van der Waals surface area contributed by atoms with Crippen molar-refractivity contribution in [1.29, 1.82) is 0 Å². The summed E-state index contributed by atoms with van der Waals surface area (Å²) >= 11 is 0. The number of nitrogens with zero attached hydrogens (tertiary/aromatic N) is 2. The Kier molecular flexibility index (Phi) is 6.87. The third-order valence-electron chi connectivity index (χ3n) is 6.28. The lowest BCUT2D eigenvalue weighted by Gasteiger charge is -2.20. The maximum Gasteiger partial charge on any atom is 0.246 e. The Bertz CT molecular complexity index is 1510. The number of methoxy groups -OCH3 is 1. The molecule has 0 saturated carbocycles. The molecule has 1 aromatic heterocycles. The van der Waals surface area contributed by atoms with E-state index in [1.54, 1.807) is 12.1 Å². The highest BCUT2D eigenvalue weighted by Gasteiger charge is 2.27. The first kappa shape index (κ1) is 24.8. The van der Waals surface area contributed by atoms with Crippen molar-refractivity contribution in [2.75, 3.05) is 26.0 Å². The summed E-state index contributed by atoms with van der Waals surface area (Å²) in [6.07, 6.45) is 0. The molecule has 4 aromatic rings. The Morgan fingerprint density at radius 2 is 1.74 bits per heavy atom. The van der Waals surface area contributed by atoms with E-state index in [0.29, 0.717) is 5.69 Å². The average Bonchev–Trinajstić information content (AvgIpc) is 3.16. The lowest BCUT2D eigenvalue weighted by molar-refractivity contribution is -0.116. The van der Waals surface area contributed by atoms with E-state index in [0.717, 1.165) is 38.2 Å². The number of amides is 1. The molecule has 0 bridgehead atoms. The van der Waals surface area contributed by atoms with Gasteiger partial charge in [-0.25, -0.2) is 8.42 Å². The summed E-state index contributed by atoms with van der Waals surface area (Å²) in [6, 6.07) is 19.0. The molecule has 1 N–H and O–H groups in total. The molecule has 0 saturated heterocycles. The summed E-state index contributed by atoms with van der Waals surface area (Å²) in [4.78, 5) is 12.9. The van der Waals surface area contributed by atoms with Gasteiger partial charge in [0.05, 0.1) is 13.7 Å². The molecule has 0 unspecified atom stereocenters. The van der Waals surface area contributed by atoms with Gasteiger partial charge >= 0.3 is 0 Å². The maximum absolute atomic E-state index is 13.3. The third-order valence-corrected chi connectivity index (χ3v) is 8.11. The number of para-hydroxylation sites is 1. The van der Waals surface area contributed by atoms with Crippen LogP contribution in [0.25, 0.3) is 21.8 Å². The summed E-state index contributed by atoms with van der Waals surface area (Å²) in [5, 5.41) is 5.00. The Hall–Kier alpha value is -3.36. The molecule has 7 nitrogen and oxygen atoms in total. The monoisotopic (exact) mass is 493 g/mol. The largest absolute Gasteiger partial charge is 0.495 e. The highest BCUT2D eigenvalue weighted by atomic mass is 32.2. The van der Waals surface area contributed by atoms with Gasteiger partial charge in [0, 0.05) is 41.1 Å².